The topological polar surface area (TPSA) is 43.8 Å². The minimum atomic E-state index is 0.0930. The Morgan fingerprint density at radius 1 is 1.47 bits per heavy atom. The number of rotatable bonds is 3. The smallest absolute Gasteiger partial charge is 0.0596 e. The standard InChI is InChI=1S/C14H19N3S2/c1-9-5-11(17(2)16-9)7-12(15)14-6-10-8-18-4-3-13(10)19-14/h5-6,12H,3-4,7-8,15H2,1-2H3. The monoisotopic (exact) mass is 293 g/mol. The summed E-state index contributed by atoms with van der Waals surface area (Å²) in [5, 5.41) is 4.38. The van der Waals surface area contributed by atoms with E-state index in [0.717, 1.165) is 17.9 Å². The number of aryl methyl sites for hydroxylation is 3. The molecule has 0 saturated carbocycles. The number of nitrogens with zero attached hydrogens (tertiary/aromatic N) is 2. The van der Waals surface area contributed by atoms with Gasteiger partial charge < -0.3 is 5.73 Å². The summed E-state index contributed by atoms with van der Waals surface area (Å²) in [5.41, 5.74) is 10.2. The molecule has 3 rings (SSSR count). The van der Waals surface area contributed by atoms with Gasteiger partial charge in [-0.3, -0.25) is 4.68 Å². The Labute approximate surface area is 122 Å². The van der Waals surface area contributed by atoms with Gasteiger partial charge in [-0.1, -0.05) is 0 Å². The predicted octanol–water partition coefficient (Wildman–Crippen LogP) is 2.82. The minimum Gasteiger partial charge on any atom is -0.323 e. The normalized spacial score (nSPS) is 16.4. The van der Waals surface area contributed by atoms with Crippen LogP contribution in [0.25, 0.3) is 0 Å². The first kappa shape index (κ1) is 13.2. The van der Waals surface area contributed by atoms with E-state index in [1.54, 1.807) is 4.88 Å². The fourth-order valence-electron chi connectivity index (χ4n) is 2.53. The Bertz CT molecular complexity index is 562. The van der Waals surface area contributed by atoms with Gasteiger partial charge in [-0.25, -0.2) is 0 Å². The molecule has 3 heterocycles. The van der Waals surface area contributed by atoms with Crippen molar-refractivity contribution in [3.8, 4) is 0 Å². The summed E-state index contributed by atoms with van der Waals surface area (Å²) in [6, 6.07) is 4.54. The van der Waals surface area contributed by atoms with Gasteiger partial charge in [-0.2, -0.15) is 16.9 Å². The van der Waals surface area contributed by atoms with E-state index in [4.69, 9.17) is 5.73 Å². The molecule has 0 bridgehead atoms. The van der Waals surface area contributed by atoms with E-state index in [0.29, 0.717) is 0 Å². The third-order valence-corrected chi connectivity index (χ3v) is 5.92. The van der Waals surface area contributed by atoms with Crippen molar-refractivity contribution in [2.45, 2.75) is 31.6 Å². The fraction of sp³-hybridized carbons (Fsp3) is 0.500. The van der Waals surface area contributed by atoms with Crippen LogP contribution in [0.5, 0.6) is 0 Å². The second-order valence-corrected chi connectivity index (χ2v) is 7.38. The lowest BCUT2D eigenvalue weighted by Gasteiger charge is -2.09. The van der Waals surface area contributed by atoms with Crippen LogP contribution in [0.1, 0.15) is 32.7 Å². The molecule has 0 amide bonds. The van der Waals surface area contributed by atoms with Crippen LogP contribution < -0.4 is 5.73 Å². The second-order valence-electron chi connectivity index (χ2n) is 5.11. The number of hydrogen-bond donors (Lipinski definition) is 1. The van der Waals surface area contributed by atoms with E-state index >= 15 is 0 Å². The van der Waals surface area contributed by atoms with Gasteiger partial charge in [0, 0.05) is 40.7 Å². The Morgan fingerprint density at radius 3 is 3.00 bits per heavy atom. The van der Waals surface area contributed by atoms with Crippen LogP contribution in [-0.4, -0.2) is 15.5 Å². The molecule has 0 aliphatic carbocycles. The lowest BCUT2D eigenvalue weighted by molar-refractivity contribution is 0.645. The molecule has 19 heavy (non-hydrogen) atoms. The minimum absolute atomic E-state index is 0.0930. The third-order valence-electron chi connectivity index (χ3n) is 3.54. The number of fused-ring (bicyclic) bond motifs is 1. The number of thiophene rings is 1. The van der Waals surface area contributed by atoms with Crippen molar-refractivity contribution in [1.29, 1.82) is 0 Å². The van der Waals surface area contributed by atoms with Crippen molar-refractivity contribution in [2.75, 3.05) is 5.75 Å². The molecule has 1 aliphatic rings. The number of thioether (sulfide) groups is 1. The number of aromatic nitrogens is 2. The summed E-state index contributed by atoms with van der Waals surface area (Å²) in [7, 11) is 1.99. The van der Waals surface area contributed by atoms with Crippen LogP contribution in [-0.2, 0) is 25.6 Å². The lowest BCUT2D eigenvalue weighted by atomic mass is 10.1. The van der Waals surface area contributed by atoms with Crippen LogP contribution >= 0.6 is 23.1 Å². The molecule has 2 aromatic heterocycles. The molecule has 1 atom stereocenters. The summed E-state index contributed by atoms with van der Waals surface area (Å²) < 4.78 is 1.94. The van der Waals surface area contributed by atoms with Crippen molar-refractivity contribution >= 4 is 23.1 Å². The van der Waals surface area contributed by atoms with E-state index in [-0.39, 0.29) is 6.04 Å². The quantitative estimate of drug-likeness (QED) is 0.946. The van der Waals surface area contributed by atoms with E-state index in [2.05, 4.69) is 17.2 Å². The molecule has 0 saturated heterocycles. The summed E-state index contributed by atoms with van der Waals surface area (Å²) in [6.45, 7) is 2.02. The van der Waals surface area contributed by atoms with Gasteiger partial charge in [0.05, 0.1) is 5.69 Å². The first-order chi connectivity index (χ1) is 9.13. The van der Waals surface area contributed by atoms with Crippen LogP contribution in [0.15, 0.2) is 12.1 Å². The molecule has 0 radical (unpaired) electrons. The number of hydrogen-bond acceptors (Lipinski definition) is 4. The van der Waals surface area contributed by atoms with E-state index < -0.39 is 0 Å². The summed E-state index contributed by atoms with van der Waals surface area (Å²) >= 11 is 3.93. The number of nitrogens with two attached hydrogens (primary N) is 1. The third kappa shape index (κ3) is 2.73. The first-order valence-corrected chi connectivity index (χ1v) is 8.55. The Kier molecular flexibility index (Phi) is 3.69. The molecule has 2 aromatic rings. The maximum absolute atomic E-state index is 6.38. The molecule has 1 aliphatic heterocycles. The fourth-order valence-corrected chi connectivity index (χ4v) is 4.91. The van der Waals surface area contributed by atoms with Crippen molar-refractivity contribution in [3.63, 3.8) is 0 Å². The molecule has 0 fully saturated rings. The molecule has 3 nitrogen and oxygen atoms in total. The lowest BCUT2D eigenvalue weighted by Crippen LogP contribution is -2.14. The summed E-state index contributed by atoms with van der Waals surface area (Å²) in [4.78, 5) is 2.87. The van der Waals surface area contributed by atoms with Crippen molar-refractivity contribution < 1.29 is 0 Å². The predicted molar refractivity (Wildman–Crippen MR) is 82.8 cm³/mol. The van der Waals surface area contributed by atoms with Gasteiger partial charge in [0.15, 0.2) is 0 Å². The van der Waals surface area contributed by atoms with Crippen LogP contribution in [0.4, 0.5) is 0 Å². The molecule has 5 heteroatoms. The molecule has 102 valence electrons. The molecule has 0 aromatic carbocycles. The summed E-state index contributed by atoms with van der Waals surface area (Å²) in [6.07, 6.45) is 2.08. The maximum atomic E-state index is 6.38. The molecular formula is C14H19N3S2. The zero-order chi connectivity index (χ0) is 13.4. The summed E-state index contributed by atoms with van der Waals surface area (Å²) in [5.74, 6) is 2.41. The highest BCUT2D eigenvalue weighted by Gasteiger charge is 2.18. The Morgan fingerprint density at radius 2 is 2.32 bits per heavy atom. The average molecular weight is 293 g/mol. The van der Waals surface area contributed by atoms with E-state index in [9.17, 15) is 0 Å². The Balaban J connectivity index is 1.78. The van der Waals surface area contributed by atoms with Gasteiger partial charge in [-0.05, 0) is 36.8 Å². The van der Waals surface area contributed by atoms with Crippen LogP contribution in [0.3, 0.4) is 0 Å². The van der Waals surface area contributed by atoms with E-state index in [1.165, 1.54) is 28.3 Å². The van der Waals surface area contributed by atoms with Gasteiger partial charge in [-0.15, -0.1) is 11.3 Å². The van der Waals surface area contributed by atoms with Crippen molar-refractivity contribution in [3.05, 3.63) is 38.8 Å². The highest BCUT2D eigenvalue weighted by Crippen LogP contribution is 2.34. The zero-order valence-corrected chi connectivity index (χ0v) is 13.0. The molecule has 2 N–H and O–H groups in total. The van der Waals surface area contributed by atoms with Gasteiger partial charge in [0.1, 0.15) is 0 Å². The second kappa shape index (κ2) is 5.31. The molecular weight excluding hydrogens is 274 g/mol. The van der Waals surface area contributed by atoms with Gasteiger partial charge in [0.25, 0.3) is 0 Å². The highest BCUT2D eigenvalue weighted by molar-refractivity contribution is 7.98. The first-order valence-electron chi connectivity index (χ1n) is 6.58. The Hall–Kier alpha value is -0.780. The van der Waals surface area contributed by atoms with Gasteiger partial charge in [0.2, 0.25) is 0 Å². The SMILES string of the molecule is Cc1cc(CC(N)c2cc3c(s2)CCSC3)n(C)n1. The van der Waals surface area contributed by atoms with Gasteiger partial charge >= 0.3 is 0 Å². The molecule has 1 unspecified atom stereocenters. The molecule has 0 spiro atoms. The average Bonchev–Trinajstić information content (AvgIpc) is 2.93. The highest BCUT2D eigenvalue weighted by atomic mass is 32.2. The zero-order valence-electron chi connectivity index (χ0n) is 11.3. The van der Waals surface area contributed by atoms with Crippen LogP contribution in [0.2, 0.25) is 0 Å². The largest absolute Gasteiger partial charge is 0.323 e. The van der Waals surface area contributed by atoms with E-state index in [1.807, 2.05) is 41.8 Å². The van der Waals surface area contributed by atoms with Crippen molar-refractivity contribution in [1.82, 2.24) is 9.78 Å². The van der Waals surface area contributed by atoms with Crippen LogP contribution in [0, 0.1) is 6.92 Å². The maximum Gasteiger partial charge on any atom is 0.0596 e. The van der Waals surface area contributed by atoms with Crippen molar-refractivity contribution in [2.24, 2.45) is 12.8 Å².